The number of aryl methyl sites for hydroxylation is 3. The fourth-order valence-electron chi connectivity index (χ4n) is 10.2. The highest BCUT2D eigenvalue weighted by Crippen LogP contribution is 2.50. The second-order valence-corrected chi connectivity index (χ2v) is 19.2. The first kappa shape index (κ1) is 44.9. The second-order valence-electron chi connectivity index (χ2n) is 19.2. The number of fused-ring (bicyclic) bond motifs is 4. The van der Waals surface area contributed by atoms with E-state index in [1.807, 2.05) is 18.2 Å². The Labute approximate surface area is 408 Å². The largest absolute Gasteiger partial charge is 0.456 e. The molecule has 0 fully saturated rings. The molecule has 69 heavy (non-hydrogen) atoms. The molecule has 338 valence electrons. The molecule has 1 unspecified atom stereocenters. The Kier molecular flexibility index (Phi) is 12.3. The van der Waals surface area contributed by atoms with Gasteiger partial charge >= 0.3 is 0 Å². The summed E-state index contributed by atoms with van der Waals surface area (Å²) in [5, 5.41) is 2.19. The zero-order chi connectivity index (χ0) is 47.6. The monoisotopic (exact) mass is 893 g/mol. The van der Waals surface area contributed by atoms with E-state index in [1.165, 1.54) is 72.3 Å². The van der Waals surface area contributed by atoms with Gasteiger partial charge in [0.2, 0.25) is 0 Å². The lowest BCUT2D eigenvalue weighted by atomic mass is 9.78. The van der Waals surface area contributed by atoms with Gasteiger partial charge in [-0.25, -0.2) is 0 Å². The smallest absolute Gasteiger partial charge is 0.137 e. The fourth-order valence-corrected chi connectivity index (χ4v) is 10.2. The zero-order valence-corrected chi connectivity index (χ0v) is 40.8. The van der Waals surface area contributed by atoms with Crippen molar-refractivity contribution < 1.29 is 4.42 Å². The van der Waals surface area contributed by atoms with Crippen LogP contribution in [-0.4, -0.2) is 0 Å². The lowest BCUT2D eigenvalue weighted by molar-refractivity contribution is 0.442. The first-order valence-electron chi connectivity index (χ1n) is 24.2. The molecule has 0 amide bonds. The Morgan fingerprint density at radius 3 is 1.75 bits per heavy atom. The molecule has 2 nitrogen and oxygen atoms in total. The van der Waals surface area contributed by atoms with Crippen molar-refractivity contribution in [3.8, 4) is 44.5 Å². The molecule has 9 aromatic carbocycles. The van der Waals surface area contributed by atoms with Crippen LogP contribution in [0.1, 0.15) is 55.5 Å². The second kappa shape index (κ2) is 19.0. The van der Waals surface area contributed by atoms with Crippen molar-refractivity contribution in [2.45, 2.75) is 53.9 Å². The number of nitrogens with zero attached hydrogens (tertiary/aromatic N) is 1. The molecule has 11 rings (SSSR count). The van der Waals surface area contributed by atoms with E-state index in [0.717, 1.165) is 44.6 Å². The van der Waals surface area contributed by atoms with E-state index >= 15 is 0 Å². The van der Waals surface area contributed by atoms with Crippen molar-refractivity contribution in [1.82, 2.24) is 0 Å². The molecule has 1 aliphatic carbocycles. The number of allylic oxidation sites excluding steroid dienone is 4. The van der Waals surface area contributed by atoms with Crippen LogP contribution in [0.2, 0.25) is 0 Å². The number of rotatable bonds is 8. The number of benzene rings is 9. The lowest BCUT2D eigenvalue weighted by Crippen LogP contribution is -2.20. The Hall–Kier alpha value is -7.94. The quantitative estimate of drug-likeness (QED) is 0.151. The maximum atomic E-state index is 6.65. The first-order chi connectivity index (χ1) is 33.5. The summed E-state index contributed by atoms with van der Waals surface area (Å²) in [7, 11) is 0. The molecule has 0 radical (unpaired) electrons. The van der Waals surface area contributed by atoms with Gasteiger partial charge in [0.1, 0.15) is 11.2 Å². The van der Waals surface area contributed by atoms with Gasteiger partial charge < -0.3 is 9.32 Å². The Bertz CT molecular complexity index is 3510. The highest BCUT2D eigenvalue weighted by molar-refractivity contribution is 6.13. The molecule has 0 spiro atoms. The normalized spacial score (nSPS) is 14.7. The van der Waals surface area contributed by atoms with Crippen molar-refractivity contribution >= 4 is 38.9 Å². The Morgan fingerprint density at radius 2 is 1.06 bits per heavy atom. The van der Waals surface area contributed by atoms with Gasteiger partial charge in [0.15, 0.2) is 0 Å². The molecular weight excluding hydrogens is 835 g/mol. The third-order valence-electron chi connectivity index (χ3n) is 14.4. The minimum absolute atomic E-state index is 0.0515. The van der Waals surface area contributed by atoms with Crippen LogP contribution in [0.25, 0.3) is 72.0 Å². The summed E-state index contributed by atoms with van der Waals surface area (Å²) in [6.45, 7) is 15.8. The molecule has 1 atom stereocenters. The molecular formula is C67H59NO. The minimum Gasteiger partial charge on any atom is -0.456 e. The zero-order valence-electron chi connectivity index (χ0n) is 40.8. The summed E-state index contributed by atoms with van der Waals surface area (Å²) < 4.78 is 6.65. The third kappa shape index (κ3) is 8.87. The van der Waals surface area contributed by atoms with Crippen LogP contribution in [0.15, 0.2) is 235 Å². The van der Waals surface area contributed by atoms with Crippen LogP contribution >= 0.6 is 0 Å². The van der Waals surface area contributed by atoms with Gasteiger partial charge in [0, 0.05) is 16.8 Å². The number of furan rings is 1. The van der Waals surface area contributed by atoms with Gasteiger partial charge in [-0.1, -0.05) is 202 Å². The molecule has 1 aromatic heterocycles. The third-order valence-corrected chi connectivity index (χ3v) is 14.4. The summed E-state index contributed by atoms with van der Waals surface area (Å²) in [5.41, 5.74) is 22.8. The van der Waals surface area contributed by atoms with E-state index in [9.17, 15) is 0 Å². The Morgan fingerprint density at radius 1 is 0.493 bits per heavy atom. The molecule has 1 aliphatic rings. The molecule has 0 saturated heterocycles. The van der Waals surface area contributed by atoms with Gasteiger partial charge in [-0.2, -0.15) is 0 Å². The van der Waals surface area contributed by atoms with Crippen molar-refractivity contribution in [1.29, 1.82) is 0 Å². The van der Waals surface area contributed by atoms with E-state index in [-0.39, 0.29) is 5.41 Å². The van der Waals surface area contributed by atoms with Crippen LogP contribution in [-0.2, 0) is 5.41 Å². The van der Waals surface area contributed by atoms with E-state index in [1.54, 1.807) is 0 Å². The molecule has 0 bridgehead atoms. The van der Waals surface area contributed by atoms with E-state index in [2.05, 4.69) is 260 Å². The lowest BCUT2D eigenvalue weighted by Gasteiger charge is -2.27. The number of hydrogen-bond donors (Lipinski definition) is 0. The van der Waals surface area contributed by atoms with E-state index < -0.39 is 0 Å². The van der Waals surface area contributed by atoms with Crippen molar-refractivity contribution in [3.05, 3.63) is 258 Å². The SMILES string of the molecule is C/C(=C\C=C1\c2ccccc2C(C)(C)C1C)N(c1ccc(-c2cccc(-c3ccccc3)c2)cc1)c1cccc2oc3ccc(-c4ccc(-c5ccccc5C)c(C)c4)cc3c12.Cc1ccccc1. The summed E-state index contributed by atoms with van der Waals surface area (Å²) >= 11 is 0. The molecule has 0 N–H and O–H groups in total. The van der Waals surface area contributed by atoms with Gasteiger partial charge in [0.05, 0.1) is 11.1 Å². The summed E-state index contributed by atoms with van der Waals surface area (Å²) in [6, 6.07) is 76.2. The van der Waals surface area contributed by atoms with Gasteiger partial charge in [-0.05, 0) is 160 Å². The maximum Gasteiger partial charge on any atom is 0.137 e. The number of anilines is 2. The predicted octanol–water partition coefficient (Wildman–Crippen LogP) is 18.9. The summed E-state index contributed by atoms with van der Waals surface area (Å²) in [5.74, 6) is 0.373. The average Bonchev–Trinajstić information content (AvgIpc) is 3.85. The van der Waals surface area contributed by atoms with Crippen molar-refractivity contribution in [3.63, 3.8) is 0 Å². The summed E-state index contributed by atoms with van der Waals surface area (Å²) in [6.07, 6.45) is 4.67. The highest BCUT2D eigenvalue weighted by Gasteiger charge is 2.39. The molecule has 0 aliphatic heterocycles. The van der Waals surface area contributed by atoms with E-state index in [0.29, 0.717) is 5.92 Å². The highest BCUT2D eigenvalue weighted by atomic mass is 16.3. The predicted molar refractivity (Wildman–Crippen MR) is 295 cm³/mol. The molecule has 0 saturated carbocycles. The van der Waals surface area contributed by atoms with Gasteiger partial charge in [-0.15, -0.1) is 0 Å². The first-order valence-corrected chi connectivity index (χ1v) is 24.2. The Balaban J connectivity index is 0.000000727. The van der Waals surface area contributed by atoms with Crippen molar-refractivity contribution in [2.75, 3.05) is 4.90 Å². The molecule has 10 aromatic rings. The minimum atomic E-state index is 0.0515. The summed E-state index contributed by atoms with van der Waals surface area (Å²) in [4.78, 5) is 2.41. The topological polar surface area (TPSA) is 16.4 Å². The average molecular weight is 894 g/mol. The van der Waals surface area contributed by atoms with Gasteiger partial charge in [-0.3, -0.25) is 0 Å². The van der Waals surface area contributed by atoms with Crippen LogP contribution in [0, 0.1) is 26.7 Å². The fraction of sp³-hybridized carbons (Fsp3) is 0.134. The maximum absolute atomic E-state index is 6.65. The van der Waals surface area contributed by atoms with Crippen LogP contribution in [0.5, 0.6) is 0 Å². The van der Waals surface area contributed by atoms with Crippen molar-refractivity contribution in [2.24, 2.45) is 5.92 Å². The van der Waals surface area contributed by atoms with E-state index in [4.69, 9.17) is 4.42 Å². The molecule has 2 heteroatoms. The molecule has 1 heterocycles. The van der Waals surface area contributed by atoms with Crippen LogP contribution in [0.4, 0.5) is 11.4 Å². The van der Waals surface area contributed by atoms with Crippen LogP contribution < -0.4 is 4.90 Å². The van der Waals surface area contributed by atoms with Crippen LogP contribution in [0.3, 0.4) is 0 Å². The standard InChI is InChI=1S/C60H51NO.C7H8/c1-39-16-10-11-21-50(39)51-34-29-47(36-40(51)2)48-30-35-57-54(38-48)59-56(24-15-25-58(59)62-57)61(41(3)26-33-52-42(4)60(5,6)55-23-13-12-22-53(52)55)49-31-27-44(28-32-49)46-20-14-19-45(37-46)43-17-8-7-9-18-43;1-7-5-3-2-4-6-7/h7-38,42H,1-6H3;2-6H,1H3/b41-26+,52-33+;. The number of hydrogen-bond acceptors (Lipinski definition) is 2. The van der Waals surface area contributed by atoms with Gasteiger partial charge in [0.25, 0.3) is 0 Å².